The number of carbonyl (C=O) groups is 1. The zero-order valence-corrected chi connectivity index (χ0v) is 16.9. The Labute approximate surface area is 175 Å². The van der Waals surface area contributed by atoms with E-state index in [2.05, 4.69) is 24.0 Å². The largest absolute Gasteiger partial charge is 0.394 e. The van der Waals surface area contributed by atoms with Crippen molar-refractivity contribution in [2.24, 2.45) is 0 Å². The molecule has 4 heteroatoms. The summed E-state index contributed by atoms with van der Waals surface area (Å²) in [5.74, 6) is -0.0183. The summed E-state index contributed by atoms with van der Waals surface area (Å²) in [5.41, 5.74) is 6.04. The molecule has 0 fully saturated rings. The van der Waals surface area contributed by atoms with Crippen LogP contribution in [0.1, 0.15) is 38.8 Å². The van der Waals surface area contributed by atoms with Crippen LogP contribution in [0, 0.1) is 6.92 Å². The van der Waals surface area contributed by atoms with E-state index in [9.17, 15) is 9.90 Å². The van der Waals surface area contributed by atoms with Crippen molar-refractivity contribution < 1.29 is 9.90 Å². The van der Waals surface area contributed by atoms with Gasteiger partial charge in [0.2, 0.25) is 0 Å². The number of carbonyl (C=O) groups excluding carboxylic acids is 1. The van der Waals surface area contributed by atoms with Crippen LogP contribution in [-0.4, -0.2) is 33.5 Å². The number of benzene rings is 3. The van der Waals surface area contributed by atoms with Gasteiger partial charge in [0.1, 0.15) is 0 Å². The van der Waals surface area contributed by atoms with E-state index in [1.54, 1.807) is 0 Å². The molecular formula is C26H24N2O2. The van der Waals surface area contributed by atoms with Crippen LogP contribution < -0.4 is 0 Å². The lowest BCUT2D eigenvalue weighted by molar-refractivity contribution is 0.0566. The summed E-state index contributed by atoms with van der Waals surface area (Å²) in [6.45, 7) is 1.97. The van der Waals surface area contributed by atoms with Gasteiger partial charge in [0.25, 0.3) is 5.91 Å². The lowest BCUT2D eigenvalue weighted by Crippen LogP contribution is -2.42. The molecule has 1 amide bonds. The van der Waals surface area contributed by atoms with Crippen LogP contribution in [-0.2, 0) is 6.42 Å². The molecular weight excluding hydrogens is 372 g/mol. The first-order chi connectivity index (χ1) is 14.7. The third-order valence-electron chi connectivity index (χ3n) is 6.13. The highest BCUT2D eigenvalue weighted by Gasteiger charge is 2.42. The number of nitrogens with zero attached hydrogens (tertiary/aromatic N) is 1. The highest BCUT2D eigenvalue weighted by atomic mass is 16.3. The average Bonchev–Trinajstić information content (AvgIpc) is 3.26. The Morgan fingerprint density at radius 3 is 2.47 bits per heavy atom. The standard InChI is InChI=1S/C26H24N2O2/c1-17-24(22-13-7-8-14-23(22)27-17)25-20-11-5-6-12-21(20)26(30)28(25)19(16-29)15-18-9-3-2-4-10-18/h2-14,19,25,27,29H,15-16H2,1H3/t19-,25-/m0/s1. The van der Waals surface area contributed by atoms with Gasteiger partial charge in [-0.1, -0.05) is 66.7 Å². The monoisotopic (exact) mass is 396 g/mol. The van der Waals surface area contributed by atoms with E-state index in [-0.39, 0.29) is 24.6 Å². The highest BCUT2D eigenvalue weighted by Crippen LogP contribution is 2.44. The van der Waals surface area contributed by atoms with E-state index in [1.807, 2.05) is 71.6 Å². The summed E-state index contributed by atoms with van der Waals surface area (Å²) in [7, 11) is 0. The highest BCUT2D eigenvalue weighted by molar-refractivity contribution is 6.01. The van der Waals surface area contributed by atoms with E-state index in [1.165, 1.54) is 0 Å². The molecule has 1 aliphatic rings. The van der Waals surface area contributed by atoms with Gasteiger partial charge in [0.15, 0.2) is 0 Å². The fourth-order valence-corrected chi connectivity index (χ4v) is 4.80. The Morgan fingerprint density at radius 1 is 0.967 bits per heavy atom. The number of amides is 1. The van der Waals surface area contributed by atoms with Crippen molar-refractivity contribution in [1.29, 1.82) is 0 Å². The molecule has 2 heterocycles. The number of hydrogen-bond acceptors (Lipinski definition) is 2. The maximum absolute atomic E-state index is 13.5. The summed E-state index contributed by atoms with van der Waals surface area (Å²) in [6.07, 6.45) is 0.606. The molecule has 3 aromatic carbocycles. The van der Waals surface area contributed by atoms with Gasteiger partial charge in [-0.2, -0.15) is 0 Å². The molecule has 0 unspecified atom stereocenters. The first kappa shape index (κ1) is 18.6. The first-order valence-electron chi connectivity index (χ1n) is 10.3. The number of nitrogens with one attached hydrogen (secondary N) is 1. The van der Waals surface area contributed by atoms with Crippen molar-refractivity contribution >= 4 is 16.8 Å². The van der Waals surface area contributed by atoms with Crippen LogP contribution in [0.15, 0.2) is 78.9 Å². The van der Waals surface area contributed by atoms with Crippen LogP contribution in [0.5, 0.6) is 0 Å². The predicted molar refractivity (Wildman–Crippen MR) is 119 cm³/mol. The normalized spacial score (nSPS) is 16.8. The second-order valence-electron chi connectivity index (χ2n) is 7.94. The molecule has 4 aromatic rings. The Kier molecular flexibility index (Phi) is 4.64. The van der Waals surface area contributed by atoms with Gasteiger partial charge in [-0.25, -0.2) is 0 Å². The molecule has 30 heavy (non-hydrogen) atoms. The zero-order chi connectivity index (χ0) is 20.7. The van der Waals surface area contributed by atoms with Gasteiger partial charge < -0.3 is 15.0 Å². The van der Waals surface area contributed by atoms with Crippen LogP contribution in [0.25, 0.3) is 10.9 Å². The zero-order valence-electron chi connectivity index (χ0n) is 16.9. The van der Waals surface area contributed by atoms with Crippen molar-refractivity contribution in [2.45, 2.75) is 25.4 Å². The van der Waals surface area contributed by atoms with Gasteiger partial charge in [-0.3, -0.25) is 4.79 Å². The van der Waals surface area contributed by atoms with Crippen molar-refractivity contribution in [1.82, 2.24) is 9.88 Å². The lowest BCUT2D eigenvalue weighted by atomic mass is 9.94. The summed E-state index contributed by atoms with van der Waals surface area (Å²) < 4.78 is 0. The molecule has 0 spiro atoms. The number of para-hydroxylation sites is 1. The molecule has 0 aliphatic carbocycles. The summed E-state index contributed by atoms with van der Waals surface area (Å²) in [6, 6.07) is 25.5. The maximum Gasteiger partial charge on any atom is 0.255 e. The molecule has 0 bridgehead atoms. The van der Waals surface area contributed by atoms with Gasteiger partial charge in [-0.05, 0) is 36.6 Å². The third-order valence-corrected chi connectivity index (χ3v) is 6.13. The third kappa shape index (κ3) is 2.92. The van der Waals surface area contributed by atoms with Crippen molar-refractivity contribution in [3.63, 3.8) is 0 Å². The molecule has 0 saturated carbocycles. The van der Waals surface area contributed by atoms with Gasteiger partial charge >= 0.3 is 0 Å². The minimum absolute atomic E-state index is 0.0183. The molecule has 150 valence electrons. The minimum Gasteiger partial charge on any atom is -0.394 e. The Balaban J connectivity index is 1.67. The average molecular weight is 396 g/mol. The lowest BCUT2D eigenvalue weighted by Gasteiger charge is -2.33. The van der Waals surface area contributed by atoms with Crippen LogP contribution >= 0.6 is 0 Å². The minimum atomic E-state index is -0.314. The summed E-state index contributed by atoms with van der Waals surface area (Å²) >= 11 is 0. The molecule has 1 aromatic heterocycles. The van der Waals surface area contributed by atoms with Gasteiger partial charge in [-0.15, -0.1) is 0 Å². The number of fused-ring (bicyclic) bond motifs is 2. The van der Waals surface area contributed by atoms with E-state index < -0.39 is 0 Å². The SMILES string of the molecule is Cc1[nH]c2ccccc2c1[C@@H]1c2ccccc2C(=O)N1[C@H](CO)Cc1ccccc1. The summed E-state index contributed by atoms with van der Waals surface area (Å²) in [4.78, 5) is 18.9. The number of aliphatic hydroxyl groups excluding tert-OH is 1. The Bertz CT molecular complexity index is 1210. The quantitative estimate of drug-likeness (QED) is 0.517. The van der Waals surface area contributed by atoms with Gasteiger partial charge in [0.05, 0.1) is 18.7 Å². The van der Waals surface area contributed by atoms with Crippen molar-refractivity contribution in [3.05, 3.63) is 107 Å². The predicted octanol–water partition coefficient (Wildman–Crippen LogP) is 4.63. The van der Waals surface area contributed by atoms with E-state index in [4.69, 9.17) is 0 Å². The Hall–Kier alpha value is -3.37. The van der Waals surface area contributed by atoms with Crippen LogP contribution in [0.4, 0.5) is 0 Å². The fraction of sp³-hybridized carbons (Fsp3) is 0.192. The molecule has 5 rings (SSSR count). The maximum atomic E-state index is 13.5. The molecule has 0 saturated heterocycles. The molecule has 2 atom stereocenters. The van der Waals surface area contributed by atoms with Gasteiger partial charge in [0, 0.05) is 27.7 Å². The second-order valence-corrected chi connectivity index (χ2v) is 7.94. The topological polar surface area (TPSA) is 56.3 Å². The number of H-pyrrole nitrogens is 1. The number of rotatable bonds is 5. The molecule has 0 radical (unpaired) electrons. The number of hydrogen-bond donors (Lipinski definition) is 2. The Morgan fingerprint density at radius 2 is 1.67 bits per heavy atom. The second kappa shape index (κ2) is 7.47. The van der Waals surface area contributed by atoms with Crippen LogP contribution in [0.3, 0.4) is 0 Å². The smallest absolute Gasteiger partial charge is 0.255 e. The van der Waals surface area contributed by atoms with E-state index >= 15 is 0 Å². The number of aromatic amines is 1. The van der Waals surface area contributed by atoms with E-state index in [0.717, 1.165) is 38.9 Å². The molecule has 2 N–H and O–H groups in total. The number of aromatic nitrogens is 1. The fourth-order valence-electron chi connectivity index (χ4n) is 4.80. The summed E-state index contributed by atoms with van der Waals surface area (Å²) in [5, 5.41) is 11.5. The number of aliphatic hydroxyl groups is 1. The number of aryl methyl sites for hydroxylation is 1. The van der Waals surface area contributed by atoms with Crippen molar-refractivity contribution in [3.8, 4) is 0 Å². The van der Waals surface area contributed by atoms with Crippen molar-refractivity contribution in [2.75, 3.05) is 6.61 Å². The molecule has 4 nitrogen and oxygen atoms in total. The molecule has 1 aliphatic heterocycles. The van der Waals surface area contributed by atoms with Crippen LogP contribution in [0.2, 0.25) is 0 Å². The van der Waals surface area contributed by atoms with E-state index in [0.29, 0.717) is 6.42 Å². The first-order valence-corrected chi connectivity index (χ1v) is 10.3.